The molecule has 15 heavy (non-hydrogen) atoms. The van der Waals surface area contributed by atoms with Gasteiger partial charge in [-0.2, -0.15) is 0 Å². The molecule has 1 heterocycles. The Bertz CT molecular complexity index is 365. The number of pyridine rings is 1. The van der Waals surface area contributed by atoms with Crippen LogP contribution in [0.3, 0.4) is 0 Å². The summed E-state index contributed by atoms with van der Waals surface area (Å²) in [7, 11) is 0. The van der Waals surface area contributed by atoms with Crippen molar-refractivity contribution in [2.45, 2.75) is 32.6 Å². The average Bonchev–Trinajstić information content (AvgIpc) is 2.74. The van der Waals surface area contributed by atoms with Gasteiger partial charge in [-0.05, 0) is 31.9 Å². The van der Waals surface area contributed by atoms with Crippen LogP contribution in [0.25, 0.3) is 0 Å². The Morgan fingerprint density at radius 1 is 1.47 bits per heavy atom. The van der Waals surface area contributed by atoms with E-state index in [1.807, 2.05) is 19.1 Å². The lowest BCUT2D eigenvalue weighted by Gasteiger charge is -2.08. The van der Waals surface area contributed by atoms with E-state index in [0.717, 1.165) is 17.2 Å². The summed E-state index contributed by atoms with van der Waals surface area (Å²) >= 11 is 0. The van der Waals surface area contributed by atoms with Crippen LogP contribution in [-0.2, 0) is 0 Å². The Balaban J connectivity index is 2.18. The normalized spacial score (nSPS) is 18.3. The molecule has 1 saturated carbocycles. The van der Waals surface area contributed by atoms with E-state index < -0.39 is 0 Å². The topological polar surface area (TPSA) is 51.3 Å². The van der Waals surface area contributed by atoms with Gasteiger partial charge in [0.1, 0.15) is 5.84 Å². The lowest BCUT2D eigenvalue weighted by atomic mass is 10.1. The van der Waals surface area contributed by atoms with Crippen LogP contribution >= 0.6 is 0 Å². The van der Waals surface area contributed by atoms with Gasteiger partial charge in [0.05, 0.1) is 11.4 Å². The molecule has 3 nitrogen and oxygen atoms in total. The Morgan fingerprint density at radius 2 is 2.20 bits per heavy atom. The number of amidine groups is 1. The first kappa shape index (κ1) is 10.1. The van der Waals surface area contributed by atoms with Crippen LogP contribution < -0.4 is 5.73 Å². The summed E-state index contributed by atoms with van der Waals surface area (Å²) in [4.78, 5) is 8.67. The Hall–Kier alpha value is -1.38. The van der Waals surface area contributed by atoms with Crippen molar-refractivity contribution in [2.75, 3.05) is 0 Å². The lowest BCUT2D eigenvalue weighted by Crippen LogP contribution is -2.20. The highest BCUT2D eigenvalue weighted by Crippen LogP contribution is 2.26. The molecule has 0 atom stereocenters. The molecule has 3 heteroatoms. The summed E-state index contributed by atoms with van der Waals surface area (Å²) in [5.74, 6) is 1.27. The lowest BCUT2D eigenvalue weighted by molar-refractivity contribution is 0.722. The largest absolute Gasteiger partial charge is 0.387 e. The second-order valence-electron chi connectivity index (χ2n) is 4.13. The summed E-state index contributed by atoms with van der Waals surface area (Å²) in [6.07, 6.45) is 6.73. The van der Waals surface area contributed by atoms with Gasteiger partial charge in [0, 0.05) is 12.1 Å². The number of nitrogens with two attached hydrogens (primary N) is 1. The minimum Gasteiger partial charge on any atom is -0.387 e. The van der Waals surface area contributed by atoms with Gasteiger partial charge in [-0.15, -0.1) is 0 Å². The third kappa shape index (κ3) is 2.35. The quantitative estimate of drug-likeness (QED) is 0.593. The maximum Gasteiger partial charge on any atom is 0.103 e. The maximum atomic E-state index is 6.00. The molecule has 0 radical (unpaired) electrons. The minimum absolute atomic E-state index is 0.490. The second kappa shape index (κ2) is 4.43. The molecule has 0 aliphatic heterocycles. The molecule has 1 aromatic heterocycles. The van der Waals surface area contributed by atoms with Crippen LogP contribution in [0.2, 0.25) is 0 Å². The van der Waals surface area contributed by atoms with Gasteiger partial charge in [-0.1, -0.05) is 12.8 Å². The van der Waals surface area contributed by atoms with E-state index >= 15 is 0 Å². The molecule has 80 valence electrons. The van der Waals surface area contributed by atoms with Crippen LogP contribution in [0.4, 0.5) is 5.69 Å². The van der Waals surface area contributed by atoms with Gasteiger partial charge < -0.3 is 5.73 Å². The number of hydrogen-bond acceptors (Lipinski definition) is 2. The van der Waals surface area contributed by atoms with Crippen LogP contribution in [-0.4, -0.2) is 10.8 Å². The smallest absolute Gasteiger partial charge is 0.103 e. The van der Waals surface area contributed by atoms with E-state index in [9.17, 15) is 0 Å². The number of nitrogens with zero attached hydrogens (tertiary/aromatic N) is 2. The van der Waals surface area contributed by atoms with Gasteiger partial charge in [-0.3, -0.25) is 4.98 Å². The van der Waals surface area contributed by atoms with Crippen LogP contribution in [0, 0.1) is 12.8 Å². The number of aromatic nitrogens is 1. The third-order valence-corrected chi connectivity index (χ3v) is 3.00. The Labute approximate surface area is 90.4 Å². The zero-order valence-electron chi connectivity index (χ0n) is 9.11. The fourth-order valence-electron chi connectivity index (χ4n) is 2.05. The average molecular weight is 203 g/mol. The predicted molar refractivity (Wildman–Crippen MR) is 62.2 cm³/mol. The van der Waals surface area contributed by atoms with Gasteiger partial charge in [0.2, 0.25) is 0 Å². The van der Waals surface area contributed by atoms with Crippen molar-refractivity contribution in [3.8, 4) is 0 Å². The third-order valence-electron chi connectivity index (χ3n) is 3.00. The second-order valence-corrected chi connectivity index (χ2v) is 4.13. The molecular formula is C12H17N3. The van der Waals surface area contributed by atoms with E-state index in [2.05, 4.69) is 9.98 Å². The zero-order chi connectivity index (χ0) is 10.7. The van der Waals surface area contributed by atoms with Gasteiger partial charge in [-0.25, -0.2) is 4.99 Å². The molecule has 0 amide bonds. The summed E-state index contributed by atoms with van der Waals surface area (Å²) in [5.41, 5.74) is 7.85. The number of aryl methyl sites for hydroxylation is 1. The van der Waals surface area contributed by atoms with Gasteiger partial charge in [0.15, 0.2) is 0 Å². The highest BCUT2D eigenvalue weighted by Gasteiger charge is 2.18. The van der Waals surface area contributed by atoms with Gasteiger partial charge in [0.25, 0.3) is 0 Å². The maximum absolute atomic E-state index is 6.00. The first-order chi connectivity index (χ1) is 7.27. The molecule has 2 N–H and O–H groups in total. The minimum atomic E-state index is 0.490. The summed E-state index contributed by atoms with van der Waals surface area (Å²) in [5, 5.41) is 0. The SMILES string of the molecule is Cc1ncccc1N=C(N)C1CCCC1. The standard InChI is InChI=1S/C12H17N3/c1-9-11(7-4-8-14-9)15-12(13)10-5-2-3-6-10/h4,7-8,10H,2-3,5-6H2,1H3,(H2,13,15). The molecule has 0 saturated heterocycles. The van der Waals surface area contributed by atoms with Crippen molar-refractivity contribution in [1.82, 2.24) is 4.98 Å². The summed E-state index contributed by atoms with van der Waals surface area (Å²) < 4.78 is 0. The molecule has 2 rings (SSSR count). The molecule has 0 spiro atoms. The number of hydrogen-bond donors (Lipinski definition) is 1. The van der Waals surface area contributed by atoms with Gasteiger partial charge >= 0.3 is 0 Å². The highest BCUT2D eigenvalue weighted by atomic mass is 14.9. The summed E-state index contributed by atoms with van der Waals surface area (Å²) in [6, 6.07) is 3.86. The number of rotatable bonds is 2. The van der Waals surface area contributed by atoms with Crippen molar-refractivity contribution >= 4 is 11.5 Å². The van der Waals surface area contributed by atoms with Crippen molar-refractivity contribution in [3.63, 3.8) is 0 Å². The molecule has 1 aliphatic rings. The van der Waals surface area contributed by atoms with E-state index in [4.69, 9.17) is 5.73 Å². The fourth-order valence-corrected chi connectivity index (χ4v) is 2.05. The van der Waals surface area contributed by atoms with E-state index in [1.54, 1.807) is 6.20 Å². The van der Waals surface area contributed by atoms with Crippen molar-refractivity contribution in [2.24, 2.45) is 16.6 Å². The molecule has 0 unspecified atom stereocenters. The number of aliphatic imine (C=N–C) groups is 1. The van der Waals surface area contributed by atoms with Crippen LogP contribution in [0.1, 0.15) is 31.4 Å². The monoisotopic (exact) mass is 203 g/mol. The van der Waals surface area contributed by atoms with E-state index in [1.165, 1.54) is 25.7 Å². The van der Waals surface area contributed by atoms with Crippen molar-refractivity contribution in [3.05, 3.63) is 24.0 Å². The highest BCUT2D eigenvalue weighted by molar-refractivity contribution is 5.85. The first-order valence-electron chi connectivity index (χ1n) is 5.53. The molecule has 1 aliphatic carbocycles. The van der Waals surface area contributed by atoms with E-state index in [0.29, 0.717) is 5.92 Å². The van der Waals surface area contributed by atoms with Crippen LogP contribution in [0.5, 0.6) is 0 Å². The molecule has 0 bridgehead atoms. The van der Waals surface area contributed by atoms with Crippen LogP contribution in [0.15, 0.2) is 23.3 Å². The Morgan fingerprint density at radius 3 is 2.87 bits per heavy atom. The molecule has 1 aromatic rings. The zero-order valence-corrected chi connectivity index (χ0v) is 9.11. The van der Waals surface area contributed by atoms with Crippen molar-refractivity contribution in [1.29, 1.82) is 0 Å². The predicted octanol–water partition coefficient (Wildman–Crippen LogP) is 2.57. The summed E-state index contributed by atoms with van der Waals surface area (Å²) in [6.45, 7) is 1.96. The van der Waals surface area contributed by atoms with Crippen molar-refractivity contribution < 1.29 is 0 Å². The fraction of sp³-hybridized carbons (Fsp3) is 0.500. The molecular weight excluding hydrogens is 186 g/mol. The Kier molecular flexibility index (Phi) is 2.99. The van der Waals surface area contributed by atoms with E-state index in [-0.39, 0.29) is 0 Å². The first-order valence-corrected chi connectivity index (χ1v) is 5.53. The molecule has 0 aromatic carbocycles. The molecule has 1 fully saturated rings.